The predicted molar refractivity (Wildman–Crippen MR) is 63.5 cm³/mol. The minimum Gasteiger partial charge on any atom is -0.308 e. The van der Waals surface area contributed by atoms with Crippen molar-refractivity contribution in [3.8, 4) is 0 Å². The van der Waals surface area contributed by atoms with Gasteiger partial charge in [-0.2, -0.15) is 16.9 Å². The Hall–Kier alpha value is -0.0000000000000000555. The summed E-state index contributed by atoms with van der Waals surface area (Å²) in [6, 6.07) is 0.687. The Kier molecular flexibility index (Phi) is 3.89. The summed E-state index contributed by atoms with van der Waals surface area (Å²) in [6.45, 7) is 0.885. The van der Waals surface area contributed by atoms with Crippen LogP contribution in [-0.2, 0) is 6.54 Å². The Bertz CT molecular complexity index is 283. The van der Waals surface area contributed by atoms with Crippen LogP contribution in [-0.4, -0.2) is 27.7 Å². The molecule has 0 unspecified atom stereocenters. The van der Waals surface area contributed by atoms with Gasteiger partial charge in [0.1, 0.15) is 0 Å². The number of nitrogens with one attached hydrogen (secondary N) is 2. The van der Waals surface area contributed by atoms with E-state index < -0.39 is 0 Å². The Morgan fingerprint density at radius 1 is 1.57 bits per heavy atom. The van der Waals surface area contributed by atoms with Crippen molar-refractivity contribution in [3.63, 3.8) is 0 Å². The van der Waals surface area contributed by atoms with Gasteiger partial charge in [0.05, 0.1) is 16.4 Å². The minimum atomic E-state index is 0.687. The van der Waals surface area contributed by atoms with E-state index in [1.54, 1.807) is 6.20 Å². The van der Waals surface area contributed by atoms with Crippen LogP contribution in [0.3, 0.4) is 0 Å². The zero-order valence-electron chi connectivity index (χ0n) is 7.92. The van der Waals surface area contributed by atoms with E-state index in [4.69, 9.17) is 0 Å². The van der Waals surface area contributed by atoms with Crippen LogP contribution in [0.25, 0.3) is 0 Å². The summed E-state index contributed by atoms with van der Waals surface area (Å²) in [5.74, 6) is 2.59. The zero-order valence-corrected chi connectivity index (χ0v) is 10.3. The summed E-state index contributed by atoms with van der Waals surface area (Å²) in [7, 11) is 0. The highest BCUT2D eigenvalue weighted by Gasteiger charge is 2.13. The summed E-state index contributed by atoms with van der Waals surface area (Å²) >= 11 is 5.51. The van der Waals surface area contributed by atoms with Gasteiger partial charge in [0, 0.05) is 12.6 Å². The van der Waals surface area contributed by atoms with Gasteiger partial charge in [0.25, 0.3) is 0 Å². The first kappa shape index (κ1) is 10.5. The lowest BCUT2D eigenvalue weighted by molar-refractivity contribution is 0.478. The van der Waals surface area contributed by atoms with Crippen LogP contribution in [0.4, 0.5) is 0 Å². The second-order valence-corrected chi connectivity index (χ2v) is 5.54. The van der Waals surface area contributed by atoms with Crippen LogP contribution in [0.2, 0.25) is 0 Å². The number of thioether (sulfide) groups is 1. The molecule has 1 fully saturated rings. The van der Waals surface area contributed by atoms with Gasteiger partial charge in [-0.1, -0.05) is 0 Å². The third-order valence-corrected chi connectivity index (χ3v) is 4.19. The molecule has 1 aromatic heterocycles. The molecule has 78 valence electrons. The van der Waals surface area contributed by atoms with E-state index in [9.17, 15) is 0 Å². The first-order chi connectivity index (χ1) is 6.86. The van der Waals surface area contributed by atoms with Crippen LogP contribution in [0, 0.1) is 0 Å². The molecule has 0 aliphatic carbocycles. The first-order valence-corrected chi connectivity index (χ1v) is 6.80. The van der Waals surface area contributed by atoms with Gasteiger partial charge in [-0.25, -0.2) is 0 Å². The Balaban J connectivity index is 1.79. The van der Waals surface area contributed by atoms with Crippen molar-refractivity contribution in [2.75, 3.05) is 11.5 Å². The summed E-state index contributed by atoms with van der Waals surface area (Å²) < 4.78 is 1.06. The van der Waals surface area contributed by atoms with Crippen molar-refractivity contribution in [1.82, 2.24) is 15.5 Å². The zero-order chi connectivity index (χ0) is 9.80. The topological polar surface area (TPSA) is 40.7 Å². The number of rotatable bonds is 3. The Labute approximate surface area is 96.6 Å². The molecule has 0 bridgehead atoms. The van der Waals surface area contributed by atoms with E-state index in [1.807, 2.05) is 0 Å². The quantitative estimate of drug-likeness (QED) is 0.888. The SMILES string of the molecule is Brc1cn[nH]c1CNC1CCSCC1. The van der Waals surface area contributed by atoms with E-state index in [0.29, 0.717) is 6.04 Å². The Morgan fingerprint density at radius 2 is 2.36 bits per heavy atom. The van der Waals surface area contributed by atoms with E-state index in [1.165, 1.54) is 24.3 Å². The smallest absolute Gasteiger partial charge is 0.0633 e. The molecule has 0 amide bonds. The molecule has 1 aliphatic heterocycles. The number of hydrogen-bond acceptors (Lipinski definition) is 3. The molecule has 2 rings (SSSR count). The number of halogens is 1. The third-order valence-electron chi connectivity index (χ3n) is 2.45. The van der Waals surface area contributed by atoms with Gasteiger partial charge in [-0.05, 0) is 40.3 Å². The fourth-order valence-electron chi connectivity index (χ4n) is 1.57. The molecule has 14 heavy (non-hydrogen) atoms. The maximum absolute atomic E-state index is 3.97. The van der Waals surface area contributed by atoms with E-state index >= 15 is 0 Å². The van der Waals surface area contributed by atoms with Gasteiger partial charge >= 0.3 is 0 Å². The third kappa shape index (κ3) is 2.74. The fraction of sp³-hybridized carbons (Fsp3) is 0.667. The largest absolute Gasteiger partial charge is 0.308 e. The van der Waals surface area contributed by atoms with Gasteiger partial charge in [0.2, 0.25) is 0 Å². The maximum atomic E-state index is 3.97. The van der Waals surface area contributed by atoms with Gasteiger partial charge in [-0.3, -0.25) is 5.10 Å². The van der Waals surface area contributed by atoms with Crippen LogP contribution in [0.15, 0.2) is 10.7 Å². The minimum absolute atomic E-state index is 0.687. The highest BCUT2D eigenvalue weighted by Crippen LogP contribution is 2.18. The highest BCUT2D eigenvalue weighted by molar-refractivity contribution is 9.10. The summed E-state index contributed by atoms with van der Waals surface area (Å²) in [6.07, 6.45) is 4.38. The van der Waals surface area contributed by atoms with Gasteiger partial charge < -0.3 is 5.32 Å². The van der Waals surface area contributed by atoms with E-state index in [0.717, 1.165) is 16.7 Å². The second-order valence-electron chi connectivity index (χ2n) is 3.46. The number of H-pyrrole nitrogens is 1. The summed E-state index contributed by atoms with van der Waals surface area (Å²) in [4.78, 5) is 0. The lowest BCUT2D eigenvalue weighted by Crippen LogP contribution is -2.32. The lowest BCUT2D eigenvalue weighted by Gasteiger charge is -2.22. The number of aromatic nitrogens is 2. The molecular weight excluding hydrogens is 262 g/mol. The standard InChI is InChI=1S/C9H14BrN3S/c10-8-5-12-13-9(8)6-11-7-1-3-14-4-2-7/h5,7,11H,1-4,6H2,(H,12,13). The van der Waals surface area contributed by atoms with Crippen molar-refractivity contribution in [3.05, 3.63) is 16.4 Å². The molecule has 0 atom stereocenters. The van der Waals surface area contributed by atoms with Crippen LogP contribution in [0.1, 0.15) is 18.5 Å². The lowest BCUT2D eigenvalue weighted by atomic mass is 10.1. The first-order valence-electron chi connectivity index (χ1n) is 4.85. The maximum Gasteiger partial charge on any atom is 0.0633 e. The van der Waals surface area contributed by atoms with Crippen LogP contribution in [0.5, 0.6) is 0 Å². The van der Waals surface area contributed by atoms with Crippen LogP contribution >= 0.6 is 27.7 Å². The summed E-state index contributed by atoms with van der Waals surface area (Å²) in [5.41, 5.74) is 1.14. The van der Waals surface area contributed by atoms with Crippen molar-refractivity contribution >= 4 is 27.7 Å². The molecule has 0 radical (unpaired) electrons. The molecule has 2 N–H and O–H groups in total. The molecule has 3 nitrogen and oxygen atoms in total. The van der Waals surface area contributed by atoms with E-state index in [2.05, 4.69) is 43.2 Å². The molecule has 5 heteroatoms. The molecule has 1 aromatic rings. The highest BCUT2D eigenvalue weighted by atomic mass is 79.9. The Morgan fingerprint density at radius 3 is 3.00 bits per heavy atom. The van der Waals surface area contributed by atoms with Crippen molar-refractivity contribution in [2.45, 2.75) is 25.4 Å². The monoisotopic (exact) mass is 275 g/mol. The second kappa shape index (κ2) is 5.19. The predicted octanol–water partition coefficient (Wildman–Crippen LogP) is 2.16. The average Bonchev–Trinajstić information content (AvgIpc) is 2.63. The molecule has 0 saturated carbocycles. The molecular formula is C9H14BrN3S. The van der Waals surface area contributed by atoms with Crippen LogP contribution < -0.4 is 5.32 Å². The number of nitrogens with zero attached hydrogens (tertiary/aromatic N) is 1. The van der Waals surface area contributed by atoms with Gasteiger partial charge in [-0.15, -0.1) is 0 Å². The normalized spacial score (nSPS) is 18.6. The fourth-order valence-corrected chi connectivity index (χ4v) is 3.01. The molecule has 0 aromatic carbocycles. The van der Waals surface area contributed by atoms with Crippen molar-refractivity contribution < 1.29 is 0 Å². The van der Waals surface area contributed by atoms with E-state index in [-0.39, 0.29) is 0 Å². The average molecular weight is 276 g/mol. The molecule has 1 saturated heterocycles. The number of hydrogen-bond donors (Lipinski definition) is 2. The van der Waals surface area contributed by atoms with Gasteiger partial charge in [0.15, 0.2) is 0 Å². The molecule has 0 spiro atoms. The molecule has 1 aliphatic rings. The summed E-state index contributed by atoms with van der Waals surface area (Å²) in [5, 5.41) is 10.5. The molecule has 2 heterocycles. The number of aromatic amines is 1. The van der Waals surface area contributed by atoms with Crippen molar-refractivity contribution in [1.29, 1.82) is 0 Å². The van der Waals surface area contributed by atoms with Crippen molar-refractivity contribution in [2.24, 2.45) is 0 Å².